The van der Waals surface area contributed by atoms with Crippen LogP contribution in [0.2, 0.25) is 0 Å². The largest absolute Gasteiger partial charge is 0.353 e. The number of aromatic amines is 1. The van der Waals surface area contributed by atoms with Crippen LogP contribution in [0.5, 0.6) is 0 Å². The number of imidazole rings is 1. The molecule has 0 bridgehead atoms. The smallest absolute Gasteiger partial charge is 0.243 e. The van der Waals surface area contributed by atoms with Crippen LogP contribution in [-0.2, 0) is 6.42 Å². The number of benzene rings is 1. The number of hydrogen-bond acceptors (Lipinski definition) is 5. The van der Waals surface area contributed by atoms with E-state index in [1.165, 1.54) is 0 Å². The Morgan fingerprint density at radius 1 is 1.11 bits per heavy atom. The van der Waals surface area contributed by atoms with E-state index in [-0.39, 0.29) is 0 Å². The monoisotopic (exact) mass is 240 g/mol. The third kappa shape index (κ3) is 2.27. The van der Waals surface area contributed by atoms with Crippen LogP contribution in [0, 0.1) is 0 Å². The fourth-order valence-electron chi connectivity index (χ4n) is 1.69. The van der Waals surface area contributed by atoms with Gasteiger partial charge in [0.1, 0.15) is 5.52 Å². The van der Waals surface area contributed by atoms with Crippen LogP contribution in [0.15, 0.2) is 36.8 Å². The molecule has 2 N–H and O–H groups in total. The molecule has 0 fully saturated rings. The van der Waals surface area contributed by atoms with Gasteiger partial charge in [-0.25, -0.2) is 9.97 Å². The van der Waals surface area contributed by atoms with Crippen LogP contribution in [0.3, 0.4) is 0 Å². The van der Waals surface area contributed by atoms with Crippen molar-refractivity contribution < 1.29 is 0 Å². The van der Waals surface area contributed by atoms with E-state index in [0.29, 0.717) is 5.95 Å². The highest BCUT2D eigenvalue weighted by molar-refractivity contribution is 5.73. The van der Waals surface area contributed by atoms with Gasteiger partial charge < -0.3 is 10.3 Å². The van der Waals surface area contributed by atoms with Crippen molar-refractivity contribution in [2.45, 2.75) is 6.42 Å². The van der Waals surface area contributed by atoms with E-state index in [9.17, 15) is 0 Å². The number of aromatic nitrogens is 5. The maximum Gasteiger partial charge on any atom is 0.243 e. The van der Waals surface area contributed by atoms with E-state index >= 15 is 0 Å². The van der Waals surface area contributed by atoms with Gasteiger partial charge in [0.25, 0.3) is 0 Å². The highest BCUT2D eigenvalue weighted by Crippen LogP contribution is 2.08. The number of rotatable bonds is 4. The van der Waals surface area contributed by atoms with Gasteiger partial charge >= 0.3 is 0 Å². The minimum Gasteiger partial charge on any atom is -0.353 e. The summed E-state index contributed by atoms with van der Waals surface area (Å²) >= 11 is 0. The van der Waals surface area contributed by atoms with Crippen LogP contribution >= 0.6 is 0 Å². The van der Waals surface area contributed by atoms with Crippen LogP contribution in [0.25, 0.3) is 11.0 Å². The molecule has 0 atom stereocenters. The second kappa shape index (κ2) is 4.79. The average Bonchev–Trinajstić information content (AvgIpc) is 2.92. The molecule has 0 saturated heterocycles. The standard InChI is InChI=1S/C12H12N6/c1-2-4-11-10(3-1)16-12(18-17-11)14-6-5-9-7-13-8-15-9/h1-4,7-8H,5-6H2,(H,13,15)(H,14,16,18). The minimum absolute atomic E-state index is 0.549. The van der Waals surface area contributed by atoms with Crippen molar-refractivity contribution in [3.63, 3.8) is 0 Å². The highest BCUT2D eigenvalue weighted by atomic mass is 15.2. The molecule has 2 aromatic heterocycles. The molecule has 6 nitrogen and oxygen atoms in total. The fourth-order valence-corrected chi connectivity index (χ4v) is 1.69. The molecule has 0 unspecified atom stereocenters. The Hall–Kier alpha value is -2.50. The van der Waals surface area contributed by atoms with E-state index in [1.54, 1.807) is 12.5 Å². The first-order valence-corrected chi connectivity index (χ1v) is 5.72. The maximum atomic E-state index is 4.38. The normalized spacial score (nSPS) is 10.7. The maximum absolute atomic E-state index is 4.38. The molecule has 0 saturated carbocycles. The average molecular weight is 240 g/mol. The Bertz CT molecular complexity index is 634. The lowest BCUT2D eigenvalue weighted by atomic mass is 10.3. The lowest BCUT2D eigenvalue weighted by Crippen LogP contribution is -2.09. The van der Waals surface area contributed by atoms with Crippen molar-refractivity contribution in [1.29, 1.82) is 0 Å². The molecular weight excluding hydrogens is 228 g/mol. The van der Waals surface area contributed by atoms with Crippen molar-refractivity contribution in [3.05, 3.63) is 42.5 Å². The summed E-state index contributed by atoms with van der Waals surface area (Å²) in [5.41, 5.74) is 2.73. The van der Waals surface area contributed by atoms with E-state index in [1.807, 2.05) is 24.3 Å². The van der Waals surface area contributed by atoms with E-state index < -0.39 is 0 Å². The molecule has 3 aromatic rings. The first kappa shape index (κ1) is 10.6. The Morgan fingerprint density at radius 3 is 2.83 bits per heavy atom. The van der Waals surface area contributed by atoms with Gasteiger partial charge in [0.15, 0.2) is 0 Å². The molecule has 0 aliphatic rings. The number of H-pyrrole nitrogens is 1. The number of hydrogen-bond donors (Lipinski definition) is 2. The quantitative estimate of drug-likeness (QED) is 0.720. The summed E-state index contributed by atoms with van der Waals surface area (Å²) in [6.45, 7) is 0.738. The molecule has 6 heteroatoms. The van der Waals surface area contributed by atoms with Gasteiger partial charge in [0.2, 0.25) is 5.95 Å². The first-order valence-electron chi connectivity index (χ1n) is 5.72. The second-order valence-electron chi connectivity index (χ2n) is 3.88. The summed E-state index contributed by atoms with van der Waals surface area (Å²) in [4.78, 5) is 11.4. The van der Waals surface area contributed by atoms with E-state index in [2.05, 4.69) is 30.5 Å². The van der Waals surface area contributed by atoms with Crippen molar-refractivity contribution in [2.24, 2.45) is 0 Å². The Labute approximate surface area is 104 Å². The summed E-state index contributed by atoms with van der Waals surface area (Å²) in [5, 5.41) is 11.3. The van der Waals surface area contributed by atoms with Crippen molar-refractivity contribution in [3.8, 4) is 0 Å². The Kier molecular flexibility index (Phi) is 2.83. The van der Waals surface area contributed by atoms with Crippen LogP contribution in [0.1, 0.15) is 5.69 Å². The van der Waals surface area contributed by atoms with Crippen molar-refractivity contribution >= 4 is 17.0 Å². The summed E-state index contributed by atoms with van der Waals surface area (Å²) < 4.78 is 0. The molecule has 3 rings (SSSR count). The summed E-state index contributed by atoms with van der Waals surface area (Å²) in [5.74, 6) is 0.549. The topological polar surface area (TPSA) is 79.4 Å². The Morgan fingerprint density at radius 2 is 2.00 bits per heavy atom. The van der Waals surface area contributed by atoms with Gasteiger partial charge in [0.05, 0.1) is 11.8 Å². The van der Waals surface area contributed by atoms with Gasteiger partial charge in [-0.15, -0.1) is 10.2 Å². The zero-order chi connectivity index (χ0) is 12.2. The second-order valence-corrected chi connectivity index (χ2v) is 3.88. The predicted octanol–water partition coefficient (Wildman–Crippen LogP) is 1.40. The lowest BCUT2D eigenvalue weighted by Gasteiger charge is -2.03. The van der Waals surface area contributed by atoms with Gasteiger partial charge in [-0.3, -0.25) is 0 Å². The van der Waals surface area contributed by atoms with Crippen molar-refractivity contribution in [2.75, 3.05) is 11.9 Å². The van der Waals surface area contributed by atoms with E-state index in [4.69, 9.17) is 0 Å². The zero-order valence-corrected chi connectivity index (χ0v) is 9.67. The van der Waals surface area contributed by atoms with Crippen LogP contribution in [-0.4, -0.2) is 31.7 Å². The third-order valence-electron chi connectivity index (χ3n) is 2.59. The zero-order valence-electron chi connectivity index (χ0n) is 9.67. The molecule has 0 radical (unpaired) electrons. The molecule has 18 heavy (non-hydrogen) atoms. The van der Waals surface area contributed by atoms with Gasteiger partial charge in [0, 0.05) is 24.9 Å². The molecular formula is C12H12N6. The Balaban J connectivity index is 1.67. The number of fused-ring (bicyclic) bond motifs is 1. The molecule has 90 valence electrons. The molecule has 2 heterocycles. The van der Waals surface area contributed by atoms with Crippen molar-refractivity contribution in [1.82, 2.24) is 25.1 Å². The van der Waals surface area contributed by atoms with Gasteiger partial charge in [-0.05, 0) is 12.1 Å². The SMILES string of the molecule is c1ccc2nc(NCCc3cnc[nH]3)nnc2c1. The predicted molar refractivity (Wildman–Crippen MR) is 68.1 cm³/mol. The van der Waals surface area contributed by atoms with Gasteiger partial charge in [-0.1, -0.05) is 12.1 Å². The fraction of sp³-hybridized carbons (Fsp3) is 0.167. The molecule has 0 spiro atoms. The summed E-state index contributed by atoms with van der Waals surface area (Å²) in [6, 6.07) is 7.67. The highest BCUT2D eigenvalue weighted by Gasteiger charge is 2.00. The lowest BCUT2D eigenvalue weighted by molar-refractivity contribution is 0.932. The first-order chi connectivity index (χ1) is 8.92. The number of nitrogens with one attached hydrogen (secondary N) is 2. The minimum atomic E-state index is 0.549. The number of nitrogens with zero attached hydrogens (tertiary/aromatic N) is 4. The number of para-hydroxylation sites is 1. The summed E-state index contributed by atoms with van der Waals surface area (Å²) in [7, 11) is 0. The summed E-state index contributed by atoms with van der Waals surface area (Å²) in [6.07, 6.45) is 4.32. The van der Waals surface area contributed by atoms with Crippen LogP contribution < -0.4 is 5.32 Å². The molecule has 0 amide bonds. The molecule has 0 aliphatic carbocycles. The van der Waals surface area contributed by atoms with E-state index in [0.717, 1.165) is 29.7 Å². The number of anilines is 1. The van der Waals surface area contributed by atoms with Crippen LogP contribution in [0.4, 0.5) is 5.95 Å². The molecule has 0 aliphatic heterocycles. The third-order valence-corrected chi connectivity index (χ3v) is 2.59. The van der Waals surface area contributed by atoms with Gasteiger partial charge in [-0.2, -0.15) is 0 Å². The molecule has 1 aromatic carbocycles.